The lowest BCUT2D eigenvalue weighted by molar-refractivity contribution is -0.135. The van der Waals surface area contributed by atoms with Gasteiger partial charge in [0, 0.05) is 16.9 Å². The van der Waals surface area contributed by atoms with Gasteiger partial charge in [-0.25, -0.2) is 4.79 Å². The zero-order valence-electron chi connectivity index (χ0n) is 8.63. The van der Waals surface area contributed by atoms with Crippen LogP contribution in [0, 0.1) is 0 Å². The standard InChI is InChI=1S/C10H9NO4S2/c12-8(13)5-11-10(14)15-9(17)6-3-1-2-4-7(6)16/h1-3H,4-5H2,(H,11,14)(H,12,13). The van der Waals surface area contributed by atoms with Gasteiger partial charge in [-0.3, -0.25) is 4.79 Å². The molecule has 0 radical (unpaired) electrons. The number of hydrogen-bond donors (Lipinski definition) is 2. The first kappa shape index (κ1) is 13.5. The third-order valence-electron chi connectivity index (χ3n) is 1.79. The van der Waals surface area contributed by atoms with Crippen LogP contribution in [-0.4, -0.2) is 33.6 Å². The number of ether oxygens (including phenoxy) is 1. The van der Waals surface area contributed by atoms with Crippen LogP contribution in [0.25, 0.3) is 0 Å². The molecule has 0 spiro atoms. The van der Waals surface area contributed by atoms with E-state index in [9.17, 15) is 9.59 Å². The van der Waals surface area contributed by atoms with Gasteiger partial charge in [-0.1, -0.05) is 24.4 Å². The van der Waals surface area contributed by atoms with Gasteiger partial charge in [0.15, 0.2) is 0 Å². The van der Waals surface area contributed by atoms with E-state index in [1.54, 1.807) is 12.2 Å². The predicted octanol–water partition coefficient (Wildman–Crippen LogP) is 1.38. The number of nitrogens with one attached hydrogen (secondary N) is 1. The van der Waals surface area contributed by atoms with Gasteiger partial charge >= 0.3 is 12.1 Å². The zero-order valence-corrected chi connectivity index (χ0v) is 10.3. The summed E-state index contributed by atoms with van der Waals surface area (Å²) in [5, 5.41) is 10.3. The molecule has 0 aromatic carbocycles. The average Bonchev–Trinajstić information content (AvgIpc) is 2.26. The van der Waals surface area contributed by atoms with E-state index < -0.39 is 18.6 Å². The molecule has 7 heteroatoms. The monoisotopic (exact) mass is 271 g/mol. The highest BCUT2D eigenvalue weighted by atomic mass is 32.1. The van der Waals surface area contributed by atoms with E-state index in [0.29, 0.717) is 16.9 Å². The lowest BCUT2D eigenvalue weighted by Gasteiger charge is -2.11. The Hall–Kier alpha value is -1.60. The number of carboxylic acid groups (broad SMARTS) is 1. The van der Waals surface area contributed by atoms with Gasteiger partial charge in [0.1, 0.15) is 6.54 Å². The molecule has 0 bridgehead atoms. The maximum atomic E-state index is 11.1. The Kier molecular flexibility index (Phi) is 4.92. The first-order valence-electron chi connectivity index (χ1n) is 4.62. The second-order valence-electron chi connectivity index (χ2n) is 3.06. The van der Waals surface area contributed by atoms with E-state index in [4.69, 9.17) is 34.3 Å². The zero-order chi connectivity index (χ0) is 12.8. The molecular formula is C10H9NO4S2. The number of carboxylic acids is 1. The van der Waals surface area contributed by atoms with E-state index in [1.807, 2.05) is 11.4 Å². The molecule has 1 aliphatic carbocycles. The van der Waals surface area contributed by atoms with Crippen LogP contribution in [0.1, 0.15) is 6.42 Å². The summed E-state index contributed by atoms with van der Waals surface area (Å²) in [5.74, 6) is -1.16. The highest BCUT2D eigenvalue weighted by Gasteiger charge is 2.16. The lowest BCUT2D eigenvalue weighted by atomic mass is 10.1. The summed E-state index contributed by atoms with van der Waals surface area (Å²) < 4.78 is 4.74. The van der Waals surface area contributed by atoms with Gasteiger partial charge in [-0.2, -0.15) is 0 Å². The van der Waals surface area contributed by atoms with Crippen LogP contribution in [0.2, 0.25) is 0 Å². The van der Waals surface area contributed by atoms with E-state index in [2.05, 4.69) is 0 Å². The number of aliphatic carboxylic acids is 1. The van der Waals surface area contributed by atoms with Crippen molar-refractivity contribution in [2.45, 2.75) is 6.42 Å². The highest BCUT2D eigenvalue weighted by Crippen LogP contribution is 2.12. The van der Waals surface area contributed by atoms with Crippen LogP contribution in [-0.2, 0) is 9.53 Å². The smallest absolute Gasteiger partial charge is 0.413 e. The summed E-state index contributed by atoms with van der Waals surface area (Å²) in [4.78, 5) is 21.9. The molecule has 0 aromatic rings. The molecule has 0 aromatic heterocycles. The Morgan fingerprint density at radius 1 is 1.53 bits per heavy atom. The second kappa shape index (κ2) is 6.21. The van der Waals surface area contributed by atoms with Crippen molar-refractivity contribution in [2.24, 2.45) is 0 Å². The fourth-order valence-corrected chi connectivity index (χ4v) is 1.64. The minimum absolute atomic E-state index is 0.0535. The molecule has 90 valence electrons. The van der Waals surface area contributed by atoms with Crippen LogP contribution in [0.3, 0.4) is 0 Å². The van der Waals surface area contributed by atoms with E-state index >= 15 is 0 Å². The number of alkyl carbamates (subject to hydrolysis) is 1. The molecule has 17 heavy (non-hydrogen) atoms. The summed E-state index contributed by atoms with van der Waals surface area (Å²) in [6, 6.07) is 0. The summed E-state index contributed by atoms with van der Waals surface area (Å²) >= 11 is 9.94. The number of amides is 1. The number of allylic oxidation sites excluding steroid dienone is 3. The summed E-state index contributed by atoms with van der Waals surface area (Å²) in [7, 11) is 0. The molecule has 1 aliphatic rings. The number of carbonyl (C=O) groups is 2. The van der Waals surface area contributed by atoms with Crippen LogP contribution < -0.4 is 5.32 Å². The molecular weight excluding hydrogens is 262 g/mol. The fraction of sp³-hybridized carbons (Fsp3) is 0.200. The topological polar surface area (TPSA) is 75.6 Å². The fourth-order valence-electron chi connectivity index (χ4n) is 1.05. The van der Waals surface area contributed by atoms with Crippen molar-refractivity contribution in [1.82, 2.24) is 5.32 Å². The molecule has 2 N–H and O–H groups in total. The minimum Gasteiger partial charge on any atom is -0.480 e. The normalized spacial score (nSPS) is 13.9. The molecule has 1 amide bonds. The molecule has 0 unspecified atom stereocenters. The minimum atomic E-state index is -1.16. The first-order chi connectivity index (χ1) is 8.00. The summed E-state index contributed by atoms with van der Waals surface area (Å²) in [6.45, 7) is -0.523. The van der Waals surface area contributed by atoms with Crippen molar-refractivity contribution in [3.05, 3.63) is 23.8 Å². The summed E-state index contributed by atoms with van der Waals surface area (Å²) in [6.07, 6.45) is 4.94. The number of carbonyl (C=O) groups excluding carboxylic acids is 1. The number of hydrogen-bond acceptors (Lipinski definition) is 5. The van der Waals surface area contributed by atoms with Crippen LogP contribution >= 0.6 is 24.4 Å². The van der Waals surface area contributed by atoms with Gasteiger partial charge in [-0.05, 0) is 18.3 Å². The third-order valence-corrected chi connectivity index (χ3v) is 2.48. The Morgan fingerprint density at radius 3 is 2.82 bits per heavy atom. The SMILES string of the molecule is O=C(O)CNC(=O)OC(=S)C1=CC=CCC1=S. The maximum absolute atomic E-state index is 11.1. The number of rotatable bonds is 3. The van der Waals surface area contributed by atoms with Crippen LogP contribution in [0.5, 0.6) is 0 Å². The molecule has 0 heterocycles. The van der Waals surface area contributed by atoms with Gasteiger partial charge in [0.05, 0.1) is 0 Å². The predicted molar refractivity (Wildman–Crippen MR) is 69.2 cm³/mol. The lowest BCUT2D eigenvalue weighted by Crippen LogP contribution is -2.32. The Morgan fingerprint density at radius 2 is 2.24 bits per heavy atom. The molecule has 0 saturated carbocycles. The maximum Gasteiger partial charge on any atom is 0.413 e. The molecule has 0 aliphatic heterocycles. The van der Waals surface area contributed by atoms with Crippen molar-refractivity contribution in [1.29, 1.82) is 0 Å². The van der Waals surface area contributed by atoms with Crippen molar-refractivity contribution in [2.75, 3.05) is 6.54 Å². The second-order valence-corrected chi connectivity index (χ2v) is 3.92. The largest absolute Gasteiger partial charge is 0.480 e. The van der Waals surface area contributed by atoms with Crippen molar-refractivity contribution in [3.63, 3.8) is 0 Å². The Balaban J connectivity index is 2.51. The quantitative estimate of drug-likeness (QED) is 0.755. The average molecular weight is 271 g/mol. The molecule has 0 fully saturated rings. The summed E-state index contributed by atoms with van der Waals surface area (Å²) in [5.41, 5.74) is 0.503. The van der Waals surface area contributed by atoms with Crippen molar-refractivity contribution < 1.29 is 19.4 Å². The van der Waals surface area contributed by atoms with Crippen LogP contribution in [0.4, 0.5) is 4.79 Å². The molecule has 1 rings (SSSR count). The molecule has 0 atom stereocenters. The van der Waals surface area contributed by atoms with Gasteiger partial charge in [-0.15, -0.1) is 0 Å². The van der Waals surface area contributed by atoms with Gasteiger partial charge in [0.2, 0.25) is 5.05 Å². The highest BCUT2D eigenvalue weighted by molar-refractivity contribution is 7.82. The van der Waals surface area contributed by atoms with E-state index in [-0.39, 0.29) is 5.05 Å². The van der Waals surface area contributed by atoms with E-state index in [1.165, 1.54) is 0 Å². The van der Waals surface area contributed by atoms with Crippen molar-refractivity contribution >= 4 is 46.4 Å². The Bertz CT molecular complexity index is 440. The first-order valence-corrected chi connectivity index (χ1v) is 5.44. The van der Waals surface area contributed by atoms with Gasteiger partial charge in [0.25, 0.3) is 0 Å². The molecule has 5 nitrogen and oxygen atoms in total. The van der Waals surface area contributed by atoms with Crippen molar-refractivity contribution in [3.8, 4) is 0 Å². The molecule has 0 saturated heterocycles. The Labute approximate surface area is 108 Å². The van der Waals surface area contributed by atoms with Crippen LogP contribution in [0.15, 0.2) is 23.8 Å². The number of thiocarbonyl (C=S) groups is 2. The van der Waals surface area contributed by atoms with Gasteiger partial charge < -0.3 is 15.2 Å². The van der Waals surface area contributed by atoms with E-state index in [0.717, 1.165) is 0 Å². The third kappa shape index (κ3) is 4.41.